The van der Waals surface area contributed by atoms with E-state index in [1.165, 1.54) is 41.5 Å². The number of ether oxygens (including phenoxy) is 1. The van der Waals surface area contributed by atoms with E-state index in [1.54, 1.807) is 0 Å². The first-order valence-electron chi connectivity index (χ1n) is 6.84. The maximum absolute atomic E-state index is 12.4. The van der Waals surface area contributed by atoms with E-state index in [1.807, 2.05) is 0 Å². The predicted molar refractivity (Wildman–Crippen MR) is 87.6 cm³/mol. The largest absolute Gasteiger partial charge is 0.495 e. The molecule has 0 atom stereocenters. The number of halogens is 1. The number of nitrogens with zero attached hydrogens (tertiary/aromatic N) is 1. The van der Waals surface area contributed by atoms with Crippen LogP contribution in [0.4, 0.5) is 5.13 Å². The van der Waals surface area contributed by atoms with Crippen LogP contribution < -0.4 is 9.46 Å². The van der Waals surface area contributed by atoms with E-state index in [4.69, 9.17) is 16.3 Å². The van der Waals surface area contributed by atoms with Crippen LogP contribution in [-0.4, -0.2) is 20.5 Å². The zero-order chi connectivity index (χ0) is 15.7. The highest BCUT2D eigenvalue weighted by atomic mass is 35.5. The van der Waals surface area contributed by atoms with Gasteiger partial charge in [-0.05, 0) is 43.9 Å². The van der Waals surface area contributed by atoms with Gasteiger partial charge in [0.2, 0.25) is 0 Å². The second-order valence-electron chi connectivity index (χ2n) is 5.00. The summed E-state index contributed by atoms with van der Waals surface area (Å²) in [7, 11) is -2.22. The van der Waals surface area contributed by atoms with Crippen molar-refractivity contribution < 1.29 is 13.2 Å². The molecule has 0 unspecified atom stereocenters. The number of fused-ring (bicyclic) bond motifs is 1. The second kappa shape index (κ2) is 6.06. The van der Waals surface area contributed by atoms with E-state index >= 15 is 0 Å². The Labute approximate surface area is 138 Å². The van der Waals surface area contributed by atoms with Crippen molar-refractivity contribution in [3.8, 4) is 5.75 Å². The second-order valence-corrected chi connectivity index (χ2v) is 8.17. The molecule has 1 heterocycles. The number of anilines is 1. The molecule has 22 heavy (non-hydrogen) atoms. The first-order chi connectivity index (χ1) is 10.5. The van der Waals surface area contributed by atoms with Crippen molar-refractivity contribution in [3.05, 3.63) is 33.8 Å². The van der Waals surface area contributed by atoms with Crippen LogP contribution in [0.25, 0.3) is 0 Å². The van der Waals surface area contributed by atoms with Gasteiger partial charge in [-0.1, -0.05) is 11.6 Å². The van der Waals surface area contributed by atoms with Gasteiger partial charge in [-0.25, -0.2) is 13.4 Å². The lowest BCUT2D eigenvalue weighted by Gasteiger charge is -2.07. The van der Waals surface area contributed by atoms with Crippen molar-refractivity contribution in [3.63, 3.8) is 0 Å². The molecule has 0 saturated heterocycles. The summed E-state index contributed by atoms with van der Waals surface area (Å²) in [5.74, 6) is 0.435. The van der Waals surface area contributed by atoms with Gasteiger partial charge in [-0.2, -0.15) is 0 Å². The Morgan fingerprint density at radius 2 is 2.09 bits per heavy atom. The Morgan fingerprint density at radius 3 is 2.77 bits per heavy atom. The maximum atomic E-state index is 12.4. The smallest absolute Gasteiger partial charge is 0.263 e. The average molecular weight is 359 g/mol. The minimum Gasteiger partial charge on any atom is -0.495 e. The Hall–Kier alpha value is -1.31. The first-order valence-corrected chi connectivity index (χ1v) is 9.52. The summed E-state index contributed by atoms with van der Waals surface area (Å²) >= 11 is 7.40. The van der Waals surface area contributed by atoms with Crippen molar-refractivity contribution in [1.29, 1.82) is 0 Å². The summed E-state index contributed by atoms with van der Waals surface area (Å²) in [5.41, 5.74) is 1.02. The zero-order valence-electron chi connectivity index (χ0n) is 11.9. The number of aryl methyl sites for hydroxylation is 2. The minimum atomic E-state index is -3.70. The number of aromatic nitrogens is 1. The summed E-state index contributed by atoms with van der Waals surface area (Å²) in [4.78, 5) is 5.66. The Kier molecular flexibility index (Phi) is 4.29. The highest BCUT2D eigenvalue weighted by Crippen LogP contribution is 2.32. The van der Waals surface area contributed by atoms with Gasteiger partial charge in [-0.3, -0.25) is 4.72 Å². The maximum Gasteiger partial charge on any atom is 0.263 e. The standard InChI is InChI=1S/C14H15ClN2O3S2/c1-20-12-7-6-9(8-10(12)15)22(18,19)17-14-16-11-4-2-3-5-13(11)21-14/h6-8H,2-5H2,1H3,(H,16,17). The van der Waals surface area contributed by atoms with Gasteiger partial charge in [0, 0.05) is 4.88 Å². The lowest BCUT2D eigenvalue weighted by Crippen LogP contribution is -2.13. The zero-order valence-corrected chi connectivity index (χ0v) is 14.3. The SMILES string of the molecule is COc1ccc(S(=O)(=O)Nc2nc3c(s2)CCCC3)cc1Cl. The molecule has 8 heteroatoms. The third-order valence-electron chi connectivity index (χ3n) is 3.50. The normalized spacial score (nSPS) is 14.5. The third kappa shape index (κ3) is 3.06. The molecule has 0 aliphatic heterocycles. The van der Waals surface area contributed by atoms with Crippen LogP contribution in [0.2, 0.25) is 5.02 Å². The Bertz CT molecular complexity index is 779. The van der Waals surface area contributed by atoms with Crippen LogP contribution in [0.15, 0.2) is 23.1 Å². The lowest BCUT2D eigenvalue weighted by molar-refractivity contribution is 0.414. The molecule has 1 aliphatic carbocycles. The van der Waals surface area contributed by atoms with Gasteiger partial charge in [0.1, 0.15) is 5.75 Å². The fraction of sp³-hybridized carbons (Fsp3) is 0.357. The van der Waals surface area contributed by atoms with E-state index in [2.05, 4.69) is 9.71 Å². The third-order valence-corrected chi connectivity index (χ3v) is 6.33. The van der Waals surface area contributed by atoms with Crippen molar-refractivity contribution in [2.45, 2.75) is 30.6 Å². The van der Waals surface area contributed by atoms with Gasteiger partial charge < -0.3 is 4.74 Å². The fourth-order valence-corrected chi connectivity index (χ4v) is 5.02. The number of hydrogen-bond acceptors (Lipinski definition) is 5. The van der Waals surface area contributed by atoms with Crippen molar-refractivity contribution in [1.82, 2.24) is 4.98 Å². The molecule has 5 nitrogen and oxygen atoms in total. The van der Waals surface area contributed by atoms with E-state index in [-0.39, 0.29) is 9.92 Å². The lowest BCUT2D eigenvalue weighted by atomic mass is 10.0. The molecule has 1 aromatic carbocycles. The number of benzene rings is 1. The number of thiazole rings is 1. The number of nitrogens with one attached hydrogen (secondary N) is 1. The number of rotatable bonds is 4. The first kappa shape index (κ1) is 15.6. The topological polar surface area (TPSA) is 68.3 Å². The molecule has 1 N–H and O–H groups in total. The molecular weight excluding hydrogens is 344 g/mol. The van der Waals surface area contributed by atoms with Gasteiger partial charge in [0.15, 0.2) is 5.13 Å². The van der Waals surface area contributed by atoms with Crippen molar-refractivity contribution in [2.75, 3.05) is 11.8 Å². The van der Waals surface area contributed by atoms with Crippen LogP contribution in [0.3, 0.4) is 0 Å². The molecule has 1 aromatic heterocycles. The molecule has 0 bridgehead atoms. The van der Waals surface area contributed by atoms with Crippen LogP contribution in [0.5, 0.6) is 5.75 Å². The molecule has 0 fully saturated rings. The van der Waals surface area contributed by atoms with Crippen molar-refractivity contribution in [2.24, 2.45) is 0 Å². The number of hydrogen-bond donors (Lipinski definition) is 1. The van der Waals surface area contributed by atoms with E-state index in [0.29, 0.717) is 10.9 Å². The van der Waals surface area contributed by atoms with E-state index in [9.17, 15) is 8.42 Å². The molecular formula is C14H15ClN2O3S2. The molecule has 0 saturated carbocycles. The molecule has 1 aliphatic rings. The van der Waals surface area contributed by atoms with Crippen LogP contribution in [0, 0.1) is 0 Å². The molecule has 0 spiro atoms. The molecule has 0 radical (unpaired) electrons. The predicted octanol–water partition coefficient (Wildman–Crippen LogP) is 3.48. The van der Waals surface area contributed by atoms with Crippen LogP contribution >= 0.6 is 22.9 Å². The summed E-state index contributed by atoms with van der Waals surface area (Å²) in [5, 5.41) is 0.669. The monoisotopic (exact) mass is 358 g/mol. The van der Waals surface area contributed by atoms with Gasteiger partial charge in [0.25, 0.3) is 10.0 Å². The summed E-state index contributed by atoms with van der Waals surface area (Å²) < 4.78 is 32.4. The summed E-state index contributed by atoms with van der Waals surface area (Å²) in [6.07, 6.45) is 4.14. The minimum absolute atomic E-state index is 0.0893. The van der Waals surface area contributed by atoms with E-state index < -0.39 is 10.0 Å². The Balaban J connectivity index is 1.87. The molecule has 2 aromatic rings. The van der Waals surface area contributed by atoms with Crippen LogP contribution in [0.1, 0.15) is 23.4 Å². The average Bonchev–Trinajstić information content (AvgIpc) is 2.88. The van der Waals surface area contributed by atoms with Crippen LogP contribution in [-0.2, 0) is 22.9 Å². The number of sulfonamides is 1. The number of methoxy groups -OCH3 is 1. The van der Waals surface area contributed by atoms with Gasteiger partial charge in [-0.15, -0.1) is 11.3 Å². The molecule has 118 valence electrons. The highest BCUT2D eigenvalue weighted by molar-refractivity contribution is 7.93. The van der Waals surface area contributed by atoms with Gasteiger partial charge >= 0.3 is 0 Å². The van der Waals surface area contributed by atoms with Crippen molar-refractivity contribution >= 4 is 38.1 Å². The molecule has 3 rings (SSSR count). The summed E-state index contributed by atoms with van der Waals surface area (Å²) in [6.45, 7) is 0. The van der Waals surface area contributed by atoms with E-state index in [0.717, 1.165) is 31.4 Å². The highest BCUT2D eigenvalue weighted by Gasteiger charge is 2.21. The van der Waals surface area contributed by atoms with Gasteiger partial charge in [0.05, 0.1) is 22.7 Å². The fourth-order valence-electron chi connectivity index (χ4n) is 2.38. The summed E-state index contributed by atoms with van der Waals surface area (Å²) in [6, 6.07) is 4.36. The molecule has 0 amide bonds. The quantitative estimate of drug-likeness (QED) is 0.908. The Morgan fingerprint density at radius 1 is 1.32 bits per heavy atom.